The molecule has 0 aliphatic carbocycles. The van der Waals surface area contributed by atoms with Gasteiger partial charge in [-0.1, -0.05) is 6.07 Å². The van der Waals surface area contributed by atoms with Crippen LogP contribution >= 0.6 is 0 Å². The minimum absolute atomic E-state index is 0.244. The largest absolute Gasteiger partial charge is 0.486 e. The molecule has 0 saturated carbocycles. The smallest absolute Gasteiger partial charge is 0.335 e. The number of carbonyl (C=O) groups is 1. The Morgan fingerprint density at radius 1 is 1.22 bits per heavy atom. The van der Waals surface area contributed by atoms with E-state index in [0.29, 0.717) is 12.4 Å². The van der Waals surface area contributed by atoms with Crippen LogP contribution in [0.5, 0.6) is 5.75 Å². The van der Waals surface area contributed by atoms with Gasteiger partial charge in [-0.05, 0) is 55.8 Å². The van der Waals surface area contributed by atoms with E-state index in [2.05, 4.69) is 29.5 Å². The molecule has 0 amide bonds. The summed E-state index contributed by atoms with van der Waals surface area (Å²) in [7, 11) is 0. The second-order valence-corrected chi connectivity index (χ2v) is 5.38. The van der Waals surface area contributed by atoms with Crippen LogP contribution in [-0.2, 0) is 13.2 Å². The number of ether oxygens (including phenoxy) is 1. The average molecular weight is 310 g/mol. The molecule has 5 nitrogen and oxygen atoms in total. The van der Waals surface area contributed by atoms with Gasteiger partial charge in [-0.15, -0.1) is 0 Å². The SMILES string of the molecule is CCn1c(COc2ccc(C(=O)O)cc2)nc2ccc(C)cc21. The number of carboxylic acids is 1. The third-order valence-electron chi connectivity index (χ3n) is 3.77. The first kappa shape index (κ1) is 15.1. The molecule has 0 spiro atoms. The van der Waals surface area contributed by atoms with Crippen LogP contribution in [0.2, 0.25) is 0 Å². The molecule has 0 bridgehead atoms. The Bertz CT molecular complexity index is 851. The maximum absolute atomic E-state index is 10.8. The Morgan fingerprint density at radius 2 is 1.96 bits per heavy atom. The lowest BCUT2D eigenvalue weighted by Crippen LogP contribution is -2.06. The van der Waals surface area contributed by atoms with Gasteiger partial charge in [-0.3, -0.25) is 0 Å². The summed E-state index contributed by atoms with van der Waals surface area (Å²) in [6, 6.07) is 12.6. The van der Waals surface area contributed by atoms with Crippen molar-refractivity contribution in [2.45, 2.75) is 27.0 Å². The maximum atomic E-state index is 10.8. The molecule has 23 heavy (non-hydrogen) atoms. The lowest BCUT2D eigenvalue weighted by atomic mass is 10.2. The van der Waals surface area contributed by atoms with Gasteiger partial charge in [-0.25, -0.2) is 9.78 Å². The van der Waals surface area contributed by atoms with Crippen LogP contribution < -0.4 is 4.74 Å². The minimum atomic E-state index is -0.945. The molecule has 0 fully saturated rings. The summed E-state index contributed by atoms with van der Waals surface area (Å²) in [5, 5.41) is 8.90. The van der Waals surface area contributed by atoms with E-state index in [4.69, 9.17) is 9.84 Å². The van der Waals surface area contributed by atoms with E-state index >= 15 is 0 Å². The van der Waals surface area contributed by atoms with Crippen LogP contribution in [0.4, 0.5) is 0 Å². The summed E-state index contributed by atoms with van der Waals surface area (Å²) >= 11 is 0. The van der Waals surface area contributed by atoms with E-state index in [1.54, 1.807) is 12.1 Å². The van der Waals surface area contributed by atoms with Gasteiger partial charge in [0.15, 0.2) is 0 Å². The van der Waals surface area contributed by atoms with Crippen molar-refractivity contribution in [3.63, 3.8) is 0 Å². The molecular formula is C18H18N2O3. The maximum Gasteiger partial charge on any atom is 0.335 e. The average Bonchev–Trinajstić information content (AvgIpc) is 2.90. The van der Waals surface area contributed by atoms with Crippen molar-refractivity contribution in [1.82, 2.24) is 9.55 Å². The first-order valence-corrected chi connectivity index (χ1v) is 7.50. The Morgan fingerprint density at radius 3 is 2.61 bits per heavy atom. The molecule has 118 valence electrons. The van der Waals surface area contributed by atoms with E-state index in [1.807, 2.05) is 12.1 Å². The van der Waals surface area contributed by atoms with Crippen LogP contribution in [0.15, 0.2) is 42.5 Å². The van der Waals surface area contributed by atoms with E-state index in [0.717, 1.165) is 23.4 Å². The molecular weight excluding hydrogens is 292 g/mol. The number of hydrogen-bond acceptors (Lipinski definition) is 3. The van der Waals surface area contributed by atoms with E-state index < -0.39 is 5.97 Å². The van der Waals surface area contributed by atoms with Crippen molar-refractivity contribution in [2.24, 2.45) is 0 Å². The highest BCUT2D eigenvalue weighted by molar-refractivity contribution is 5.87. The lowest BCUT2D eigenvalue weighted by molar-refractivity contribution is 0.0697. The summed E-state index contributed by atoms with van der Waals surface area (Å²) in [5.74, 6) is 0.538. The number of rotatable bonds is 5. The van der Waals surface area contributed by atoms with Crippen LogP contribution in [0.25, 0.3) is 11.0 Å². The third kappa shape index (κ3) is 3.04. The Kier molecular flexibility index (Phi) is 4.02. The van der Waals surface area contributed by atoms with Crippen LogP contribution in [0.1, 0.15) is 28.7 Å². The van der Waals surface area contributed by atoms with Crippen molar-refractivity contribution >= 4 is 17.0 Å². The van der Waals surface area contributed by atoms with E-state index in [9.17, 15) is 4.79 Å². The molecule has 3 rings (SSSR count). The number of aromatic nitrogens is 2. The van der Waals surface area contributed by atoms with Crippen LogP contribution in [-0.4, -0.2) is 20.6 Å². The van der Waals surface area contributed by atoms with Crippen molar-refractivity contribution < 1.29 is 14.6 Å². The molecule has 0 aliphatic rings. The zero-order valence-corrected chi connectivity index (χ0v) is 13.1. The van der Waals surface area contributed by atoms with Gasteiger partial charge < -0.3 is 14.4 Å². The summed E-state index contributed by atoms with van der Waals surface area (Å²) < 4.78 is 7.89. The molecule has 1 heterocycles. The molecule has 5 heteroatoms. The second-order valence-electron chi connectivity index (χ2n) is 5.38. The first-order chi connectivity index (χ1) is 11.1. The molecule has 1 N–H and O–H groups in total. The third-order valence-corrected chi connectivity index (χ3v) is 3.77. The van der Waals surface area contributed by atoms with E-state index in [-0.39, 0.29) is 5.56 Å². The van der Waals surface area contributed by atoms with Crippen molar-refractivity contribution in [2.75, 3.05) is 0 Å². The molecule has 0 atom stereocenters. The van der Waals surface area contributed by atoms with Gasteiger partial charge in [0.1, 0.15) is 18.2 Å². The number of aromatic carboxylic acids is 1. The van der Waals surface area contributed by atoms with Gasteiger partial charge in [0.25, 0.3) is 0 Å². The zero-order valence-electron chi connectivity index (χ0n) is 13.1. The monoisotopic (exact) mass is 310 g/mol. The minimum Gasteiger partial charge on any atom is -0.486 e. The van der Waals surface area contributed by atoms with Crippen molar-refractivity contribution in [1.29, 1.82) is 0 Å². The molecule has 0 saturated heterocycles. The fourth-order valence-corrected chi connectivity index (χ4v) is 2.59. The standard InChI is InChI=1S/C18H18N2O3/c1-3-20-16-10-12(2)4-9-15(16)19-17(20)11-23-14-7-5-13(6-8-14)18(21)22/h4-10H,3,11H2,1-2H3,(H,21,22). The fourth-order valence-electron chi connectivity index (χ4n) is 2.59. The highest BCUT2D eigenvalue weighted by Gasteiger charge is 2.10. The molecule has 0 aliphatic heterocycles. The molecule has 0 radical (unpaired) electrons. The fraction of sp³-hybridized carbons (Fsp3) is 0.222. The summed E-state index contributed by atoms with van der Waals surface area (Å²) in [4.78, 5) is 15.5. The van der Waals surface area contributed by atoms with E-state index in [1.165, 1.54) is 17.7 Å². The van der Waals surface area contributed by atoms with Gasteiger partial charge in [-0.2, -0.15) is 0 Å². The number of benzene rings is 2. The second kappa shape index (κ2) is 6.12. The predicted octanol–water partition coefficient (Wildman–Crippen LogP) is 3.64. The summed E-state index contributed by atoms with van der Waals surface area (Å²) in [6.45, 7) is 5.30. The van der Waals surface area contributed by atoms with Crippen molar-refractivity contribution in [3.05, 3.63) is 59.4 Å². The number of imidazole rings is 1. The highest BCUT2D eigenvalue weighted by Crippen LogP contribution is 2.20. The number of nitrogens with zero attached hydrogens (tertiary/aromatic N) is 2. The van der Waals surface area contributed by atoms with Crippen LogP contribution in [0, 0.1) is 6.92 Å². The van der Waals surface area contributed by atoms with Gasteiger partial charge in [0.05, 0.1) is 16.6 Å². The number of aryl methyl sites for hydroxylation is 2. The normalized spacial score (nSPS) is 10.9. The predicted molar refractivity (Wildman–Crippen MR) is 87.9 cm³/mol. The Balaban J connectivity index is 1.82. The summed E-state index contributed by atoms with van der Waals surface area (Å²) in [6.07, 6.45) is 0. The topological polar surface area (TPSA) is 64.3 Å². The number of fused-ring (bicyclic) bond motifs is 1. The van der Waals surface area contributed by atoms with Gasteiger partial charge in [0, 0.05) is 6.54 Å². The zero-order chi connectivity index (χ0) is 16.4. The van der Waals surface area contributed by atoms with Gasteiger partial charge >= 0.3 is 5.97 Å². The first-order valence-electron chi connectivity index (χ1n) is 7.50. The van der Waals surface area contributed by atoms with Gasteiger partial charge in [0.2, 0.25) is 0 Å². The molecule has 3 aromatic rings. The summed E-state index contributed by atoms with van der Waals surface area (Å²) in [5.41, 5.74) is 3.50. The Labute approximate surface area is 134 Å². The van der Waals surface area contributed by atoms with Crippen molar-refractivity contribution in [3.8, 4) is 5.75 Å². The number of hydrogen-bond donors (Lipinski definition) is 1. The molecule has 0 unspecified atom stereocenters. The quantitative estimate of drug-likeness (QED) is 0.781. The Hall–Kier alpha value is -2.82. The molecule has 2 aromatic carbocycles. The lowest BCUT2D eigenvalue weighted by Gasteiger charge is -2.08. The van der Waals surface area contributed by atoms with Crippen LogP contribution in [0.3, 0.4) is 0 Å². The molecule has 1 aromatic heterocycles. The highest BCUT2D eigenvalue weighted by atomic mass is 16.5. The number of carboxylic acid groups (broad SMARTS) is 1.